The van der Waals surface area contributed by atoms with Crippen molar-refractivity contribution in [2.75, 3.05) is 5.32 Å². The number of hydrogen-bond acceptors (Lipinski definition) is 6. The molecule has 2 aromatic carbocycles. The highest BCUT2D eigenvalue weighted by atomic mass is 19.3. The number of hydrogen-bond donors (Lipinski definition) is 1. The van der Waals surface area contributed by atoms with Gasteiger partial charge in [-0.15, -0.1) is 0 Å². The molecule has 0 atom stereocenters. The first kappa shape index (κ1) is 20.8. The molecule has 1 N–H and O–H groups in total. The molecule has 30 heavy (non-hydrogen) atoms. The van der Waals surface area contributed by atoms with Crippen molar-refractivity contribution in [3.63, 3.8) is 0 Å². The molecule has 1 amide bonds. The molecular weight excluding hydrogens is 402 g/mol. The number of nitro benzene ring substituents is 1. The maximum absolute atomic E-state index is 12.4. The highest BCUT2D eigenvalue weighted by molar-refractivity contribution is 6.02. The lowest BCUT2D eigenvalue weighted by molar-refractivity contribution is -0.384. The molecule has 3 rings (SSSR count). The van der Waals surface area contributed by atoms with E-state index >= 15 is 0 Å². The van der Waals surface area contributed by atoms with E-state index in [-0.39, 0.29) is 23.8 Å². The van der Waals surface area contributed by atoms with Crippen LogP contribution in [-0.4, -0.2) is 17.4 Å². The number of halogens is 2. The Hall–Kier alpha value is -3.95. The van der Waals surface area contributed by atoms with E-state index in [1.807, 2.05) is 0 Å². The molecule has 0 aliphatic rings. The Bertz CT molecular complexity index is 1050. The van der Waals surface area contributed by atoms with Crippen LogP contribution in [0.4, 0.5) is 20.2 Å². The molecule has 0 aliphatic carbocycles. The second-order valence-corrected chi connectivity index (χ2v) is 6.12. The summed E-state index contributed by atoms with van der Waals surface area (Å²) in [6.07, 6.45) is 0. The number of anilines is 1. The molecule has 0 aliphatic heterocycles. The third-order valence-electron chi connectivity index (χ3n) is 3.99. The van der Waals surface area contributed by atoms with E-state index < -0.39 is 17.4 Å². The molecular formula is C20H16F2N2O6. The van der Waals surface area contributed by atoms with E-state index in [0.29, 0.717) is 22.8 Å². The first-order valence-corrected chi connectivity index (χ1v) is 8.64. The monoisotopic (exact) mass is 418 g/mol. The zero-order valence-electron chi connectivity index (χ0n) is 15.6. The summed E-state index contributed by atoms with van der Waals surface area (Å²) in [5, 5.41) is 13.3. The van der Waals surface area contributed by atoms with Gasteiger partial charge < -0.3 is 19.2 Å². The van der Waals surface area contributed by atoms with Crippen molar-refractivity contribution in [1.29, 1.82) is 0 Å². The van der Waals surface area contributed by atoms with E-state index in [4.69, 9.17) is 9.15 Å². The van der Waals surface area contributed by atoms with Crippen molar-refractivity contribution in [2.24, 2.45) is 0 Å². The average Bonchev–Trinajstić information content (AvgIpc) is 3.17. The molecule has 10 heteroatoms. The van der Waals surface area contributed by atoms with Gasteiger partial charge in [-0.3, -0.25) is 14.9 Å². The minimum Gasteiger partial charge on any atom is -0.486 e. The van der Waals surface area contributed by atoms with Crippen molar-refractivity contribution < 1.29 is 32.4 Å². The molecule has 3 aromatic rings. The standard InChI is InChI=1S/C20H16F2N2O6/c1-12-10-15(30-20(21)22)6-8-17(12)23-19(25)18-9-7-16(29-18)11-28-14-4-2-13(3-5-14)24(26)27/h2-10,20H,11H2,1H3,(H,23,25). The van der Waals surface area contributed by atoms with Crippen LogP contribution >= 0.6 is 0 Å². The zero-order valence-corrected chi connectivity index (χ0v) is 15.6. The van der Waals surface area contributed by atoms with Gasteiger partial charge in [-0.25, -0.2) is 0 Å². The zero-order chi connectivity index (χ0) is 21.7. The molecule has 0 spiro atoms. The number of ether oxygens (including phenoxy) is 2. The number of rotatable bonds is 8. The van der Waals surface area contributed by atoms with E-state index in [1.165, 1.54) is 48.5 Å². The van der Waals surface area contributed by atoms with Crippen LogP contribution in [0.25, 0.3) is 0 Å². The van der Waals surface area contributed by atoms with Gasteiger partial charge in [0.15, 0.2) is 5.76 Å². The summed E-state index contributed by atoms with van der Waals surface area (Å²) in [6, 6.07) is 12.7. The Morgan fingerprint density at radius 3 is 2.47 bits per heavy atom. The molecule has 0 unspecified atom stereocenters. The van der Waals surface area contributed by atoms with Crippen LogP contribution < -0.4 is 14.8 Å². The van der Waals surface area contributed by atoms with E-state index in [9.17, 15) is 23.7 Å². The van der Waals surface area contributed by atoms with Gasteiger partial charge in [-0.2, -0.15) is 8.78 Å². The number of alkyl halides is 2. The summed E-state index contributed by atoms with van der Waals surface area (Å²) < 4.78 is 39.8. The first-order valence-electron chi connectivity index (χ1n) is 8.64. The van der Waals surface area contributed by atoms with Crippen LogP contribution in [-0.2, 0) is 6.61 Å². The third kappa shape index (κ3) is 5.31. The average molecular weight is 418 g/mol. The van der Waals surface area contributed by atoms with Gasteiger partial charge in [-0.1, -0.05) is 0 Å². The lowest BCUT2D eigenvalue weighted by atomic mass is 10.2. The number of benzene rings is 2. The molecule has 156 valence electrons. The number of furan rings is 1. The minimum absolute atomic E-state index is 0.0100. The van der Waals surface area contributed by atoms with E-state index in [2.05, 4.69) is 10.1 Å². The van der Waals surface area contributed by atoms with Gasteiger partial charge in [0, 0.05) is 17.8 Å². The fraction of sp³-hybridized carbons (Fsp3) is 0.150. The van der Waals surface area contributed by atoms with Crippen LogP contribution in [0.2, 0.25) is 0 Å². The number of nitro groups is 1. The minimum atomic E-state index is -2.93. The molecule has 0 radical (unpaired) electrons. The predicted octanol–water partition coefficient (Wildman–Crippen LogP) is 4.93. The Morgan fingerprint density at radius 2 is 1.83 bits per heavy atom. The Kier molecular flexibility index (Phi) is 6.26. The fourth-order valence-electron chi connectivity index (χ4n) is 2.53. The Balaban J connectivity index is 1.58. The summed E-state index contributed by atoms with van der Waals surface area (Å²) in [6.45, 7) is -1.27. The van der Waals surface area contributed by atoms with Crippen molar-refractivity contribution in [3.05, 3.63) is 81.8 Å². The van der Waals surface area contributed by atoms with Crippen molar-refractivity contribution in [1.82, 2.24) is 0 Å². The number of nitrogens with one attached hydrogen (secondary N) is 1. The van der Waals surface area contributed by atoms with Gasteiger partial charge >= 0.3 is 6.61 Å². The predicted molar refractivity (Wildman–Crippen MR) is 102 cm³/mol. The number of carbonyl (C=O) groups excluding carboxylic acids is 1. The summed E-state index contributed by atoms with van der Waals surface area (Å²) in [5.74, 6) is 0.275. The van der Waals surface area contributed by atoms with Gasteiger partial charge in [-0.05, 0) is 55.0 Å². The number of aryl methyl sites for hydroxylation is 1. The quantitative estimate of drug-likeness (QED) is 0.411. The first-order chi connectivity index (χ1) is 14.3. The Labute approximate surface area is 169 Å². The van der Waals surface area contributed by atoms with Crippen LogP contribution in [0.3, 0.4) is 0 Å². The van der Waals surface area contributed by atoms with Crippen molar-refractivity contribution in [2.45, 2.75) is 20.1 Å². The number of carbonyl (C=O) groups is 1. The molecule has 8 nitrogen and oxygen atoms in total. The SMILES string of the molecule is Cc1cc(OC(F)F)ccc1NC(=O)c1ccc(COc2ccc([N+](=O)[O-])cc2)o1. The largest absolute Gasteiger partial charge is 0.486 e. The van der Waals surface area contributed by atoms with Crippen LogP contribution in [0, 0.1) is 17.0 Å². The summed E-state index contributed by atoms with van der Waals surface area (Å²) in [5.41, 5.74) is 0.903. The molecule has 0 fully saturated rings. The molecule has 1 heterocycles. The maximum atomic E-state index is 12.4. The second-order valence-electron chi connectivity index (χ2n) is 6.12. The number of non-ortho nitro benzene ring substituents is 1. The van der Waals surface area contributed by atoms with Gasteiger partial charge in [0.05, 0.1) is 4.92 Å². The highest BCUT2D eigenvalue weighted by Crippen LogP contribution is 2.24. The second kappa shape index (κ2) is 9.03. The number of amides is 1. The van der Waals surface area contributed by atoms with Crippen LogP contribution in [0.1, 0.15) is 21.9 Å². The van der Waals surface area contributed by atoms with E-state index in [1.54, 1.807) is 13.0 Å². The maximum Gasteiger partial charge on any atom is 0.387 e. The van der Waals surface area contributed by atoms with Gasteiger partial charge in [0.25, 0.3) is 11.6 Å². The van der Waals surface area contributed by atoms with Gasteiger partial charge in [0.1, 0.15) is 23.9 Å². The molecule has 0 bridgehead atoms. The normalized spacial score (nSPS) is 10.7. The van der Waals surface area contributed by atoms with Crippen LogP contribution in [0.15, 0.2) is 59.0 Å². The molecule has 0 saturated heterocycles. The fourth-order valence-corrected chi connectivity index (χ4v) is 2.53. The highest BCUT2D eigenvalue weighted by Gasteiger charge is 2.14. The van der Waals surface area contributed by atoms with Crippen molar-refractivity contribution >= 4 is 17.3 Å². The summed E-state index contributed by atoms with van der Waals surface area (Å²) >= 11 is 0. The summed E-state index contributed by atoms with van der Waals surface area (Å²) in [7, 11) is 0. The smallest absolute Gasteiger partial charge is 0.387 e. The van der Waals surface area contributed by atoms with Crippen LogP contribution in [0.5, 0.6) is 11.5 Å². The lowest BCUT2D eigenvalue weighted by Crippen LogP contribution is -2.12. The topological polar surface area (TPSA) is 104 Å². The Morgan fingerprint density at radius 1 is 1.13 bits per heavy atom. The van der Waals surface area contributed by atoms with E-state index in [0.717, 1.165) is 0 Å². The summed E-state index contributed by atoms with van der Waals surface area (Å²) in [4.78, 5) is 22.5. The number of nitrogens with zero attached hydrogens (tertiary/aromatic N) is 1. The van der Waals surface area contributed by atoms with Crippen molar-refractivity contribution in [3.8, 4) is 11.5 Å². The van der Waals surface area contributed by atoms with Gasteiger partial charge in [0.2, 0.25) is 0 Å². The molecule has 1 aromatic heterocycles. The third-order valence-corrected chi connectivity index (χ3v) is 3.99. The lowest BCUT2D eigenvalue weighted by Gasteiger charge is -2.10. The molecule has 0 saturated carbocycles.